The van der Waals surface area contributed by atoms with Crippen molar-refractivity contribution in [3.05, 3.63) is 35.9 Å². The van der Waals surface area contributed by atoms with E-state index in [0.29, 0.717) is 6.04 Å². The third-order valence-electron chi connectivity index (χ3n) is 1.74. The Labute approximate surface area is 81.7 Å². The van der Waals surface area contributed by atoms with Crippen LogP contribution in [0.15, 0.2) is 30.3 Å². The zero-order valence-corrected chi connectivity index (χ0v) is 8.71. The van der Waals surface area contributed by atoms with Gasteiger partial charge in [-0.1, -0.05) is 37.3 Å². The summed E-state index contributed by atoms with van der Waals surface area (Å²) in [4.78, 5) is 0. The fraction of sp³-hybridized carbons (Fsp3) is 0.333. The molecule has 0 spiro atoms. The number of rotatable bonds is 3. The zero-order valence-electron chi connectivity index (χ0n) is 6.55. The van der Waals surface area contributed by atoms with Crippen molar-refractivity contribution in [1.29, 1.82) is 0 Å². The molecule has 0 saturated heterocycles. The monoisotopic (exact) mass is 261 g/mol. The van der Waals surface area contributed by atoms with Crippen LogP contribution in [0.5, 0.6) is 0 Å². The van der Waals surface area contributed by atoms with Crippen LogP contribution in [0.1, 0.15) is 24.9 Å². The van der Waals surface area contributed by atoms with Gasteiger partial charge in [-0.05, 0) is 12.0 Å². The summed E-state index contributed by atoms with van der Waals surface area (Å²) in [5.41, 5.74) is 1.37. The van der Waals surface area contributed by atoms with Crippen LogP contribution in [0, 0.1) is 0 Å². The molecule has 0 aliphatic rings. The van der Waals surface area contributed by atoms with Crippen LogP contribution in [0.2, 0.25) is 0 Å². The molecular weight excluding hydrogens is 249 g/mol. The van der Waals surface area contributed by atoms with Gasteiger partial charge in [0.25, 0.3) is 0 Å². The molecule has 0 amide bonds. The van der Waals surface area contributed by atoms with Crippen molar-refractivity contribution < 1.29 is 0 Å². The molecule has 0 fully saturated rings. The zero-order chi connectivity index (χ0) is 8.10. The lowest BCUT2D eigenvalue weighted by atomic mass is 10.1. The average Bonchev–Trinajstić information content (AvgIpc) is 2.09. The standard InChI is InChI=1S/C9H12IN/c1-2-9(11-10)8-6-4-3-5-7-8/h3-7,9,11H,2H2,1H3/t9-/m0/s1. The Bertz CT molecular complexity index is 194. The summed E-state index contributed by atoms with van der Waals surface area (Å²) in [6, 6.07) is 11.0. The SMILES string of the molecule is CC[C@H](NI)c1ccccc1. The minimum Gasteiger partial charge on any atom is -0.254 e. The molecule has 1 aromatic carbocycles. The van der Waals surface area contributed by atoms with Crippen molar-refractivity contribution in [3.8, 4) is 0 Å². The van der Waals surface area contributed by atoms with E-state index < -0.39 is 0 Å². The molecule has 0 saturated carbocycles. The van der Waals surface area contributed by atoms with E-state index in [1.54, 1.807) is 0 Å². The highest BCUT2D eigenvalue weighted by Crippen LogP contribution is 2.16. The normalized spacial score (nSPS) is 12.9. The Hall–Kier alpha value is -0.0900. The van der Waals surface area contributed by atoms with E-state index in [-0.39, 0.29) is 0 Å². The molecule has 0 radical (unpaired) electrons. The van der Waals surface area contributed by atoms with Gasteiger partial charge in [-0.2, -0.15) is 0 Å². The van der Waals surface area contributed by atoms with Gasteiger partial charge in [-0.25, -0.2) is 0 Å². The summed E-state index contributed by atoms with van der Waals surface area (Å²) < 4.78 is 3.24. The number of hydrogen-bond donors (Lipinski definition) is 1. The summed E-state index contributed by atoms with van der Waals surface area (Å²) in [5, 5.41) is 0. The van der Waals surface area contributed by atoms with Crippen LogP contribution < -0.4 is 3.53 Å². The summed E-state index contributed by atoms with van der Waals surface area (Å²) in [5.74, 6) is 0. The first-order valence-electron chi connectivity index (χ1n) is 3.79. The molecule has 1 N–H and O–H groups in total. The van der Waals surface area contributed by atoms with Crippen molar-refractivity contribution >= 4 is 22.9 Å². The highest BCUT2D eigenvalue weighted by molar-refractivity contribution is 14.1. The van der Waals surface area contributed by atoms with Crippen molar-refractivity contribution in [2.45, 2.75) is 19.4 Å². The first-order chi connectivity index (χ1) is 5.38. The number of nitrogens with one attached hydrogen (secondary N) is 1. The summed E-state index contributed by atoms with van der Waals surface area (Å²) in [6.07, 6.45) is 1.13. The summed E-state index contributed by atoms with van der Waals surface area (Å²) in [7, 11) is 0. The molecule has 0 aromatic heterocycles. The fourth-order valence-corrected chi connectivity index (χ4v) is 1.86. The Morgan fingerprint density at radius 2 is 2.00 bits per heavy atom. The van der Waals surface area contributed by atoms with Crippen molar-refractivity contribution in [3.63, 3.8) is 0 Å². The van der Waals surface area contributed by atoms with Crippen molar-refractivity contribution in [1.82, 2.24) is 3.53 Å². The lowest BCUT2D eigenvalue weighted by molar-refractivity contribution is 0.669. The van der Waals surface area contributed by atoms with Crippen LogP contribution in [-0.4, -0.2) is 0 Å². The fourth-order valence-electron chi connectivity index (χ4n) is 1.06. The van der Waals surface area contributed by atoms with Crippen LogP contribution in [0.25, 0.3) is 0 Å². The maximum absolute atomic E-state index is 3.24. The predicted molar refractivity (Wildman–Crippen MR) is 56.6 cm³/mol. The van der Waals surface area contributed by atoms with Crippen molar-refractivity contribution in [2.75, 3.05) is 0 Å². The van der Waals surface area contributed by atoms with Gasteiger partial charge in [0.15, 0.2) is 0 Å². The minimum absolute atomic E-state index is 0.497. The van der Waals surface area contributed by atoms with Crippen LogP contribution in [0.3, 0.4) is 0 Å². The predicted octanol–water partition coefficient (Wildman–Crippen LogP) is 3.08. The van der Waals surface area contributed by atoms with Gasteiger partial charge >= 0.3 is 0 Å². The van der Waals surface area contributed by atoms with Crippen LogP contribution in [-0.2, 0) is 0 Å². The molecule has 11 heavy (non-hydrogen) atoms. The van der Waals surface area contributed by atoms with E-state index in [0.717, 1.165) is 6.42 Å². The molecule has 1 atom stereocenters. The molecule has 1 nitrogen and oxygen atoms in total. The van der Waals surface area contributed by atoms with Crippen LogP contribution in [0.4, 0.5) is 0 Å². The number of halogens is 1. The second-order valence-electron chi connectivity index (χ2n) is 2.48. The molecule has 60 valence electrons. The number of benzene rings is 1. The van der Waals surface area contributed by atoms with Crippen molar-refractivity contribution in [2.24, 2.45) is 0 Å². The van der Waals surface area contributed by atoms with Gasteiger partial charge in [-0.15, -0.1) is 0 Å². The third-order valence-corrected chi connectivity index (χ3v) is 2.49. The molecule has 0 unspecified atom stereocenters. The van der Waals surface area contributed by atoms with E-state index in [1.807, 2.05) is 6.07 Å². The third kappa shape index (κ3) is 2.45. The highest BCUT2D eigenvalue weighted by atomic mass is 127. The highest BCUT2D eigenvalue weighted by Gasteiger charge is 2.04. The lowest BCUT2D eigenvalue weighted by Crippen LogP contribution is -2.08. The first kappa shape index (κ1) is 9.00. The summed E-state index contributed by atoms with van der Waals surface area (Å²) in [6.45, 7) is 2.18. The quantitative estimate of drug-likeness (QED) is 0.651. The second kappa shape index (κ2) is 4.72. The van der Waals surface area contributed by atoms with Gasteiger partial charge in [0, 0.05) is 28.9 Å². The molecule has 0 aliphatic heterocycles. The molecule has 1 rings (SSSR count). The van der Waals surface area contributed by atoms with E-state index in [4.69, 9.17) is 0 Å². The number of hydrogen-bond acceptors (Lipinski definition) is 1. The van der Waals surface area contributed by atoms with Gasteiger partial charge < -0.3 is 0 Å². The van der Waals surface area contributed by atoms with Gasteiger partial charge in [0.2, 0.25) is 0 Å². The van der Waals surface area contributed by atoms with Gasteiger partial charge in [-0.3, -0.25) is 3.53 Å². The van der Waals surface area contributed by atoms with Gasteiger partial charge in [0.05, 0.1) is 0 Å². The first-order valence-corrected chi connectivity index (χ1v) is 4.87. The Balaban J connectivity index is 2.74. The molecule has 0 aliphatic carbocycles. The van der Waals surface area contributed by atoms with E-state index in [9.17, 15) is 0 Å². The van der Waals surface area contributed by atoms with E-state index >= 15 is 0 Å². The molecular formula is C9H12IN. The molecule has 2 heteroatoms. The Morgan fingerprint density at radius 3 is 2.45 bits per heavy atom. The summed E-state index contributed by atoms with van der Waals surface area (Å²) >= 11 is 2.20. The molecule has 0 bridgehead atoms. The van der Waals surface area contributed by atoms with Crippen LogP contribution >= 0.6 is 22.9 Å². The van der Waals surface area contributed by atoms with Gasteiger partial charge in [0.1, 0.15) is 0 Å². The molecule has 0 heterocycles. The average molecular weight is 261 g/mol. The maximum Gasteiger partial charge on any atom is 0.0410 e. The van der Waals surface area contributed by atoms with E-state index in [2.05, 4.69) is 57.6 Å². The lowest BCUT2D eigenvalue weighted by Gasteiger charge is -2.11. The smallest absolute Gasteiger partial charge is 0.0410 e. The second-order valence-corrected chi connectivity index (χ2v) is 3.10. The Kier molecular flexibility index (Phi) is 3.86. The largest absolute Gasteiger partial charge is 0.254 e. The maximum atomic E-state index is 3.24. The van der Waals surface area contributed by atoms with E-state index in [1.165, 1.54) is 5.56 Å². The Morgan fingerprint density at radius 1 is 1.36 bits per heavy atom. The molecule has 1 aromatic rings. The minimum atomic E-state index is 0.497. The topological polar surface area (TPSA) is 12.0 Å².